The molecule has 0 radical (unpaired) electrons. The molecule has 0 amide bonds. The third-order valence-electron chi connectivity index (χ3n) is 4.22. The minimum absolute atomic E-state index is 0.147. The first kappa shape index (κ1) is 17.3. The molecular formula is C17H21ClN6O. The highest BCUT2D eigenvalue weighted by Gasteiger charge is 2.18. The van der Waals surface area contributed by atoms with Crippen LogP contribution in [0, 0.1) is 13.8 Å². The SMILES string of the molecule is COc1c(C)cnc(Cn2cc(N(C)C)c3c(Cl)nc(N)nc32)c1C. The van der Waals surface area contributed by atoms with Gasteiger partial charge in [-0.3, -0.25) is 4.98 Å². The molecule has 0 fully saturated rings. The van der Waals surface area contributed by atoms with Gasteiger partial charge in [0.15, 0.2) is 0 Å². The maximum absolute atomic E-state index is 6.32. The number of nitrogen functional groups attached to an aromatic ring is 1. The quantitative estimate of drug-likeness (QED) is 0.720. The van der Waals surface area contributed by atoms with Gasteiger partial charge in [-0.1, -0.05) is 11.6 Å². The van der Waals surface area contributed by atoms with Gasteiger partial charge < -0.3 is 19.9 Å². The summed E-state index contributed by atoms with van der Waals surface area (Å²) in [7, 11) is 5.57. The van der Waals surface area contributed by atoms with Crippen molar-refractivity contribution in [3.8, 4) is 5.75 Å². The average molecular weight is 361 g/mol. The van der Waals surface area contributed by atoms with Gasteiger partial charge in [0.1, 0.15) is 16.5 Å². The minimum atomic E-state index is 0.147. The van der Waals surface area contributed by atoms with Crippen molar-refractivity contribution in [2.45, 2.75) is 20.4 Å². The lowest BCUT2D eigenvalue weighted by Gasteiger charge is -2.13. The monoisotopic (exact) mass is 360 g/mol. The molecule has 2 N–H and O–H groups in total. The number of halogens is 1. The van der Waals surface area contributed by atoms with Gasteiger partial charge in [-0.2, -0.15) is 4.98 Å². The van der Waals surface area contributed by atoms with E-state index in [1.165, 1.54) is 0 Å². The molecule has 0 unspecified atom stereocenters. The number of nitrogens with two attached hydrogens (primary N) is 1. The Hall–Kier alpha value is -2.54. The van der Waals surface area contributed by atoms with Crippen LogP contribution in [0.2, 0.25) is 5.15 Å². The summed E-state index contributed by atoms with van der Waals surface area (Å²) in [5, 5.41) is 1.12. The van der Waals surface area contributed by atoms with Crippen LogP contribution in [0.4, 0.5) is 11.6 Å². The van der Waals surface area contributed by atoms with Crippen LogP contribution in [-0.4, -0.2) is 40.7 Å². The van der Waals surface area contributed by atoms with E-state index in [9.17, 15) is 0 Å². The van der Waals surface area contributed by atoms with Gasteiger partial charge in [0.05, 0.1) is 30.4 Å². The second kappa shape index (κ2) is 6.40. The van der Waals surface area contributed by atoms with E-state index in [0.29, 0.717) is 17.3 Å². The molecule has 3 heterocycles. The number of hydrogen-bond acceptors (Lipinski definition) is 6. The lowest BCUT2D eigenvalue weighted by Crippen LogP contribution is -2.08. The number of hydrogen-bond donors (Lipinski definition) is 1. The Bertz CT molecular complexity index is 950. The molecule has 8 heteroatoms. The summed E-state index contributed by atoms with van der Waals surface area (Å²) in [6.45, 7) is 4.51. The zero-order chi connectivity index (χ0) is 18.3. The third kappa shape index (κ3) is 2.95. The van der Waals surface area contributed by atoms with Gasteiger partial charge in [0.2, 0.25) is 5.95 Å². The number of fused-ring (bicyclic) bond motifs is 1. The standard InChI is InChI=1S/C17H21ClN6O/c1-9-6-20-11(10(2)14(9)25-5)7-24-8-12(23(3)4)13-15(18)21-17(19)22-16(13)24/h6,8H,7H2,1-5H3,(H2,19,21,22). The number of ether oxygens (including phenoxy) is 1. The normalized spacial score (nSPS) is 11.1. The number of aromatic nitrogens is 4. The summed E-state index contributed by atoms with van der Waals surface area (Å²) in [6.07, 6.45) is 3.80. The van der Waals surface area contributed by atoms with E-state index >= 15 is 0 Å². The molecule has 3 aromatic heterocycles. The fraction of sp³-hybridized carbons (Fsp3) is 0.353. The van der Waals surface area contributed by atoms with Crippen molar-refractivity contribution in [2.24, 2.45) is 0 Å². The van der Waals surface area contributed by atoms with E-state index in [2.05, 4.69) is 15.0 Å². The average Bonchev–Trinajstić information content (AvgIpc) is 2.90. The molecule has 0 bridgehead atoms. The minimum Gasteiger partial charge on any atom is -0.496 e. The van der Waals surface area contributed by atoms with Crippen molar-refractivity contribution in [1.82, 2.24) is 19.5 Å². The lowest BCUT2D eigenvalue weighted by atomic mass is 10.1. The van der Waals surface area contributed by atoms with Crippen LogP contribution in [0.1, 0.15) is 16.8 Å². The van der Waals surface area contributed by atoms with Crippen LogP contribution >= 0.6 is 11.6 Å². The lowest BCUT2D eigenvalue weighted by molar-refractivity contribution is 0.406. The molecule has 0 aliphatic carbocycles. The van der Waals surface area contributed by atoms with Gasteiger partial charge in [-0.15, -0.1) is 0 Å². The van der Waals surface area contributed by atoms with E-state index in [0.717, 1.165) is 33.6 Å². The van der Waals surface area contributed by atoms with Crippen molar-refractivity contribution in [3.63, 3.8) is 0 Å². The van der Waals surface area contributed by atoms with Crippen molar-refractivity contribution in [1.29, 1.82) is 0 Å². The number of aryl methyl sites for hydroxylation is 1. The molecule has 132 valence electrons. The molecule has 0 aromatic carbocycles. The number of nitrogens with zero attached hydrogens (tertiary/aromatic N) is 5. The molecule has 3 rings (SSSR count). The Labute approximate surface area is 151 Å². The Balaban J connectivity index is 2.17. The summed E-state index contributed by atoms with van der Waals surface area (Å²) < 4.78 is 7.48. The zero-order valence-corrected chi connectivity index (χ0v) is 15.7. The van der Waals surface area contributed by atoms with Crippen molar-refractivity contribution in [3.05, 3.63) is 34.4 Å². The Kier molecular flexibility index (Phi) is 4.43. The van der Waals surface area contributed by atoms with Gasteiger partial charge in [-0.05, 0) is 13.8 Å². The van der Waals surface area contributed by atoms with E-state index in [1.54, 1.807) is 7.11 Å². The molecule has 0 saturated heterocycles. The summed E-state index contributed by atoms with van der Waals surface area (Å²) in [5.41, 5.74) is 10.3. The maximum Gasteiger partial charge on any atom is 0.223 e. The molecule has 0 atom stereocenters. The van der Waals surface area contributed by atoms with Crippen LogP contribution in [0.15, 0.2) is 12.4 Å². The van der Waals surface area contributed by atoms with Gasteiger partial charge in [0.25, 0.3) is 0 Å². The zero-order valence-electron chi connectivity index (χ0n) is 15.0. The molecular weight excluding hydrogens is 340 g/mol. The van der Waals surface area contributed by atoms with Crippen LogP contribution < -0.4 is 15.4 Å². The summed E-state index contributed by atoms with van der Waals surface area (Å²) in [6, 6.07) is 0. The van der Waals surface area contributed by atoms with Crippen LogP contribution in [0.25, 0.3) is 11.0 Å². The first-order valence-corrected chi connectivity index (χ1v) is 8.19. The number of pyridine rings is 1. The highest BCUT2D eigenvalue weighted by molar-refractivity contribution is 6.35. The summed E-state index contributed by atoms with van der Waals surface area (Å²) in [4.78, 5) is 15.0. The van der Waals surface area contributed by atoms with E-state index < -0.39 is 0 Å². The van der Waals surface area contributed by atoms with E-state index in [1.807, 2.05) is 49.8 Å². The maximum atomic E-state index is 6.32. The summed E-state index contributed by atoms with van der Waals surface area (Å²) in [5.74, 6) is 0.995. The van der Waals surface area contributed by atoms with Gasteiger partial charge in [0, 0.05) is 37.6 Å². The number of anilines is 2. The second-order valence-corrected chi connectivity index (χ2v) is 6.51. The first-order chi connectivity index (χ1) is 11.8. The molecule has 25 heavy (non-hydrogen) atoms. The van der Waals surface area contributed by atoms with Gasteiger partial charge in [-0.25, -0.2) is 4.98 Å². The van der Waals surface area contributed by atoms with Crippen molar-refractivity contribution >= 4 is 34.3 Å². The Morgan fingerprint density at radius 1 is 1.28 bits per heavy atom. The van der Waals surface area contributed by atoms with Crippen molar-refractivity contribution in [2.75, 3.05) is 31.8 Å². The van der Waals surface area contributed by atoms with Crippen LogP contribution in [0.3, 0.4) is 0 Å². The third-order valence-corrected chi connectivity index (χ3v) is 4.49. The van der Waals surface area contributed by atoms with Crippen LogP contribution in [0.5, 0.6) is 5.75 Å². The molecule has 0 aliphatic rings. The molecule has 0 spiro atoms. The van der Waals surface area contributed by atoms with Crippen LogP contribution in [-0.2, 0) is 6.54 Å². The highest BCUT2D eigenvalue weighted by Crippen LogP contribution is 2.33. The molecule has 3 aromatic rings. The molecule has 0 saturated carbocycles. The first-order valence-electron chi connectivity index (χ1n) is 7.81. The Morgan fingerprint density at radius 2 is 2.00 bits per heavy atom. The predicted octanol–water partition coefficient (Wildman–Crippen LogP) is 2.80. The summed E-state index contributed by atoms with van der Waals surface area (Å²) >= 11 is 6.32. The fourth-order valence-electron chi connectivity index (χ4n) is 2.99. The van der Waals surface area contributed by atoms with E-state index in [-0.39, 0.29) is 5.95 Å². The van der Waals surface area contributed by atoms with Crippen molar-refractivity contribution < 1.29 is 4.74 Å². The van der Waals surface area contributed by atoms with E-state index in [4.69, 9.17) is 22.1 Å². The Morgan fingerprint density at radius 3 is 2.64 bits per heavy atom. The largest absolute Gasteiger partial charge is 0.496 e. The smallest absolute Gasteiger partial charge is 0.223 e. The van der Waals surface area contributed by atoms with Gasteiger partial charge >= 0.3 is 0 Å². The predicted molar refractivity (Wildman–Crippen MR) is 101 cm³/mol. The topological polar surface area (TPSA) is 82.1 Å². The molecule has 7 nitrogen and oxygen atoms in total. The number of rotatable bonds is 4. The fourth-order valence-corrected chi connectivity index (χ4v) is 3.26. The molecule has 0 aliphatic heterocycles. The second-order valence-electron chi connectivity index (χ2n) is 6.15. The highest BCUT2D eigenvalue weighted by atomic mass is 35.5. The number of methoxy groups -OCH3 is 1.